The van der Waals surface area contributed by atoms with E-state index in [2.05, 4.69) is 27.3 Å². The van der Waals surface area contributed by atoms with Gasteiger partial charge in [0.25, 0.3) is 0 Å². The lowest BCUT2D eigenvalue weighted by molar-refractivity contribution is 0.707. The quantitative estimate of drug-likeness (QED) is 0.749. The van der Waals surface area contributed by atoms with Crippen molar-refractivity contribution < 1.29 is 0 Å². The minimum Gasteiger partial charge on any atom is -0.318 e. The third-order valence-electron chi connectivity index (χ3n) is 1.42. The van der Waals surface area contributed by atoms with E-state index in [-0.39, 0.29) is 0 Å². The van der Waals surface area contributed by atoms with Crippen LogP contribution in [0, 0.1) is 0 Å². The zero-order valence-electron chi connectivity index (χ0n) is 6.18. The molecule has 11 heavy (non-hydrogen) atoms. The molecule has 0 aliphatic carbocycles. The van der Waals surface area contributed by atoms with Crippen LogP contribution in [-0.4, -0.2) is 6.67 Å². The van der Waals surface area contributed by atoms with E-state index in [4.69, 9.17) is 5.73 Å². The minimum atomic E-state index is 0.515. The van der Waals surface area contributed by atoms with Crippen molar-refractivity contribution >= 4 is 15.9 Å². The molecule has 0 saturated heterocycles. The molecule has 3 heteroatoms. The van der Waals surface area contributed by atoms with E-state index in [0.29, 0.717) is 6.67 Å². The van der Waals surface area contributed by atoms with E-state index in [0.717, 1.165) is 11.0 Å². The topological polar surface area (TPSA) is 38.0 Å². The molecule has 0 aliphatic rings. The molecule has 0 aliphatic heterocycles. The molecule has 1 aromatic carbocycles. The van der Waals surface area contributed by atoms with Gasteiger partial charge in [-0.2, -0.15) is 0 Å². The molecular formula is C8H11BrN2. The van der Waals surface area contributed by atoms with Crippen LogP contribution < -0.4 is 11.1 Å². The third kappa shape index (κ3) is 2.61. The third-order valence-corrected chi connectivity index (χ3v) is 2.19. The Kier molecular flexibility index (Phi) is 3.56. The molecule has 1 rings (SSSR count). The van der Waals surface area contributed by atoms with Crippen LogP contribution in [0.4, 0.5) is 0 Å². The van der Waals surface area contributed by atoms with Crippen molar-refractivity contribution in [3.8, 4) is 0 Å². The fourth-order valence-electron chi connectivity index (χ4n) is 0.849. The van der Waals surface area contributed by atoms with Crippen LogP contribution in [0.15, 0.2) is 28.7 Å². The second-order valence-electron chi connectivity index (χ2n) is 2.22. The maximum absolute atomic E-state index is 5.30. The van der Waals surface area contributed by atoms with Crippen molar-refractivity contribution in [3.63, 3.8) is 0 Å². The number of nitrogens with two attached hydrogens (primary N) is 1. The highest BCUT2D eigenvalue weighted by Gasteiger charge is 1.94. The molecule has 0 bridgehead atoms. The highest BCUT2D eigenvalue weighted by Crippen LogP contribution is 2.14. The molecule has 0 aromatic heterocycles. The Labute approximate surface area is 74.9 Å². The summed E-state index contributed by atoms with van der Waals surface area (Å²) in [5.41, 5.74) is 6.53. The van der Waals surface area contributed by atoms with Gasteiger partial charge in [-0.1, -0.05) is 34.1 Å². The Bertz CT molecular complexity index is 225. The molecule has 0 radical (unpaired) electrons. The summed E-state index contributed by atoms with van der Waals surface area (Å²) in [7, 11) is 0. The Morgan fingerprint density at radius 3 is 2.73 bits per heavy atom. The lowest BCUT2D eigenvalue weighted by atomic mass is 10.2. The van der Waals surface area contributed by atoms with Crippen LogP contribution >= 0.6 is 15.9 Å². The van der Waals surface area contributed by atoms with E-state index in [9.17, 15) is 0 Å². The van der Waals surface area contributed by atoms with Gasteiger partial charge in [0.2, 0.25) is 0 Å². The number of benzene rings is 1. The molecule has 0 saturated carbocycles. The van der Waals surface area contributed by atoms with E-state index >= 15 is 0 Å². The van der Waals surface area contributed by atoms with Crippen molar-refractivity contribution in [3.05, 3.63) is 34.3 Å². The molecule has 0 fully saturated rings. The number of rotatable bonds is 3. The van der Waals surface area contributed by atoms with E-state index in [1.165, 1.54) is 5.56 Å². The van der Waals surface area contributed by atoms with Gasteiger partial charge >= 0.3 is 0 Å². The average Bonchev–Trinajstić information content (AvgIpc) is 2.03. The molecule has 0 amide bonds. The van der Waals surface area contributed by atoms with Gasteiger partial charge in [0, 0.05) is 17.7 Å². The van der Waals surface area contributed by atoms with Gasteiger partial charge in [-0.15, -0.1) is 0 Å². The van der Waals surface area contributed by atoms with Crippen molar-refractivity contribution in [1.82, 2.24) is 5.32 Å². The Balaban J connectivity index is 2.62. The predicted molar refractivity (Wildman–Crippen MR) is 50.0 cm³/mol. The van der Waals surface area contributed by atoms with E-state index in [1.807, 2.05) is 18.2 Å². The van der Waals surface area contributed by atoms with Crippen molar-refractivity contribution in [1.29, 1.82) is 0 Å². The number of halogens is 1. The highest BCUT2D eigenvalue weighted by atomic mass is 79.9. The molecule has 0 atom stereocenters. The summed E-state index contributed by atoms with van der Waals surface area (Å²) in [6.07, 6.45) is 0. The largest absolute Gasteiger partial charge is 0.318 e. The molecule has 60 valence electrons. The van der Waals surface area contributed by atoms with Crippen molar-refractivity contribution in [2.75, 3.05) is 6.67 Å². The molecule has 3 N–H and O–H groups in total. The second kappa shape index (κ2) is 4.49. The number of hydrogen-bond donors (Lipinski definition) is 2. The fraction of sp³-hybridized carbons (Fsp3) is 0.250. The lowest BCUT2D eigenvalue weighted by Gasteiger charge is -2.03. The van der Waals surface area contributed by atoms with Crippen molar-refractivity contribution in [2.24, 2.45) is 5.73 Å². The van der Waals surface area contributed by atoms with Crippen LogP contribution in [0.5, 0.6) is 0 Å². The maximum atomic E-state index is 5.30. The van der Waals surface area contributed by atoms with Gasteiger partial charge in [0.05, 0.1) is 0 Å². The van der Waals surface area contributed by atoms with Crippen LogP contribution in [0.25, 0.3) is 0 Å². The summed E-state index contributed by atoms with van der Waals surface area (Å²) in [5, 5.41) is 3.05. The number of hydrogen-bond acceptors (Lipinski definition) is 2. The normalized spacial score (nSPS) is 10.0. The first kappa shape index (κ1) is 8.71. The summed E-state index contributed by atoms with van der Waals surface area (Å²) < 4.78 is 1.13. The first-order valence-electron chi connectivity index (χ1n) is 3.49. The second-order valence-corrected chi connectivity index (χ2v) is 3.08. The molecule has 0 heterocycles. The highest BCUT2D eigenvalue weighted by molar-refractivity contribution is 9.10. The van der Waals surface area contributed by atoms with Gasteiger partial charge in [-0.05, 0) is 11.6 Å². The smallest absolute Gasteiger partial charge is 0.0431 e. The molecule has 0 unspecified atom stereocenters. The van der Waals surface area contributed by atoms with Gasteiger partial charge in [0.15, 0.2) is 0 Å². The summed E-state index contributed by atoms with van der Waals surface area (Å²) >= 11 is 3.45. The summed E-state index contributed by atoms with van der Waals surface area (Å²) in [6.45, 7) is 1.33. The minimum absolute atomic E-state index is 0.515. The van der Waals surface area contributed by atoms with Crippen molar-refractivity contribution in [2.45, 2.75) is 6.54 Å². The fourth-order valence-corrected chi connectivity index (χ4v) is 1.27. The van der Waals surface area contributed by atoms with Gasteiger partial charge in [-0.25, -0.2) is 0 Å². The average molecular weight is 215 g/mol. The summed E-state index contributed by atoms with van der Waals surface area (Å²) in [5.74, 6) is 0. The Morgan fingerprint density at radius 1 is 1.36 bits per heavy atom. The molecular weight excluding hydrogens is 204 g/mol. The summed E-state index contributed by atoms with van der Waals surface area (Å²) in [6, 6.07) is 8.09. The number of nitrogens with one attached hydrogen (secondary N) is 1. The van der Waals surface area contributed by atoms with Crippen LogP contribution in [0.2, 0.25) is 0 Å². The Morgan fingerprint density at radius 2 is 2.09 bits per heavy atom. The van der Waals surface area contributed by atoms with Crippen LogP contribution in [0.1, 0.15) is 5.56 Å². The first-order valence-corrected chi connectivity index (χ1v) is 4.28. The van der Waals surface area contributed by atoms with E-state index in [1.54, 1.807) is 0 Å². The van der Waals surface area contributed by atoms with Gasteiger partial charge in [0.1, 0.15) is 0 Å². The molecule has 1 aromatic rings. The van der Waals surface area contributed by atoms with E-state index < -0.39 is 0 Å². The standard InChI is InChI=1S/C8H11BrN2/c9-8-4-2-1-3-7(8)5-11-6-10/h1-4,11H,5-6,10H2. The van der Waals surface area contributed by atoms with Crippen LogP contribution in [-0.2, 0) is 6.54 Å². The SMILES string of the molecule is NCNCc1ccccc1Br. The molecule has 2 nitrogen and oxygen atoms in total. The maximum Gasteiger partial charge on any atom is 0.0431 e. The first-order chi connectivity index (χ1) is 5.34. The Hall–Kier alpha value is -0.380. The lowest BCUT2D eigenvalue weighted by Crippen LogP contribution is -2.21. The summed E-state index contributed by atoms with van der Waals surface area (Å²) in [4.78, 5) is 0. The van der Waals surface area contributed by atoms with Crippen LogP contribution in [0.3, 0.4) is 0 Å². The van der Waals surface area contributed by atoms with Gasteiger partial charge < -0.3 is 11.1 Å². The molecule has 0 spiro atoms. The monoisotopic (exact) mass is 214 g/mol. The van der Waals surface area contributed by atoms with Gasteiger partial charge in [-0.3, -0.25) is 0 Å². The zero-order chi connectivity index (χ0) is 8.10. The predicted octanol–water partition coefficient (Wildman–Crippen LogP) is 1.45. The zero-order valence-corrected chi connectivity index (χ0v) is 7.76.